The first-order valence-corrected chi connectivity index (χ1v) is 16.1. The van der Waals surface area contributed by atoms with Gasteiger partial charge in [0.05, 0.1) is 0 Å². The fourth-order valence-electron chi connectivity index (χ4n) is 5.55. The molecule has 190 valence electrons. The Bertz CT molecular complexity index is 1500. The molecule has 4 aromatic carbocycles. The predicted octanol–water partition coefficient (Wildman–Crippen LogP) is 0.639. The van der Waals surface area contributed by atoms with E-state index in [4.69, 9.17) is 9.47 Å². The molecule has 0 spiro atoms. The summed E-state index contributed by atoms with van der Waals surface area (Å²) < 4.78 is 16.3. The Morgan fingerprint density at radius 2 is 1.39 bits per heavy atom. The second kappa shape index (κ2) is 12.4. The van der Waals surface area contributed by atoms with Crippen LogP contribution in [-0.2, 0) is 27.7 Å². The Morgan fingerprint density at radius 1 is 0.737 bits per heavy atom. The van der Waals surface area contributed by atoms with E-state index in [-0.39, 0.29) is 24.8 Å². The van der Waals surface area contributed by atoms with Crippen LogP contribution in [0.15, 0.2) is 113 Å². The van der Waals surface area contributed by atoms with Crippen molar-refractivity contribution in [1.29, 1.82) is 0 Å². The van der Waals surface area contributed by atoms with Crippen LogP contribution in [0.4, 0.5) is 0 Å². The number of benzene rings is 4. The third kappa shape index (κ3) is 5.13. The second-order valence-corrected chi connectivity index (χ2v) is 15.1. The molecule has 2 aliphatic rings. The zero-order valence-corrected chi connectivity index (χ0v) is 25.3. The van der Waals surface area contributed by atoms with Crippen LogP contribution in [0.3, 0.4) is 0 Å². The van der Waals surface area contributed by atoms with E-state index in [1.165, 1.54) is 39.9 Å². The molecule has 0 aromatic heterocycles. The summed E-state index contributed by atoms with van der Waals surface area (Å²) in [5.74, 6) is 1.94. The van der Waals surface area contributed by atoms with Gasteiger partial charge in [0.2, 0.25) is 0 Å². The number of rotatable bonds is 6. The van der Waals surface area contributed by atoms with E-state index >= 15 is 0 Å². The summed E-state index contributed by atoms with van der Waals surface area (Å²) in [6.45, 7) is 0. The van der Waals surface area contributed by atoms with Crippen LogP contribution < -0.4 is 37.6 Å². The molecule has 0 saturated carbocycles. The second-order valence-electron chi connectivity index (χ2n) is 9.18. The van der Waals surface area contributed by atoms with Crippen LogP contribution in [-0.4, -0.2) is 17.4 Å². The number of ether oxygens (including phenoxy) is 2. The first-order chi connectivity index (χ1) is 17.8. The molecular formula is C33H28Cl2O2Zr. The van der Waals surface area contributed by atoms with E-state index in [1.54, 1.807) is 10.4 Å². The number of methoxy groups -OCH3 is 2. The van der Waals surface area contributed by atoms with Crippen molar-refractivity contribution in [2.45, 2.75) is 12.8 Å². The van der Waals surface area contributed by atoms with Crippen LogP contribution >= 0.6 is 0 Å². The predicted molar refractivity (Wildman–Crippen MR) is 145 cm³/mol. The van der Waals surface area contributed by atoms with E-state index in [1.807, 2.05) is 7.11 Å². The summed E-state index contributed by atoms with van der Waals surface area (Å²) in [6.07, 6.45) is 8.85. The Morgan fingerprint density at radius 3 is 1.97 bits per heavy atom. The molecule has 5 heteroatoms. The van der Waals surface area contributed by atoms with Gasteiger partial charge in [-0.15, -0.1) is 0 Å². The molecule has 0 saturated heterocycles. The molecule has 0 N–H and O–H groups in total. The van der Waals surface area contributed by atoms with Crippen LogP contribution in [0.5, 0.6) is 11.5 Å². The molecule has 0 radical (unpaired) electrons. The summed E-state index contributed by atoms with van der Waals surface area (Å²) in [7, 11) is 3.56. The van der Waals surface area contributed by atoms with Gasteiger partial charge in [-0.3, -0.25) is 0 Å². The smallest absolute Gasteiger partial charge is 1.00 e. The van der Waals surface area contributed by atoms with Gasteiger partial charge < -0.3 is 24.8 Å². The van der Waals surface area contributed by atoms with Gasteiger partial charge in [0.15, 0.2) is 0 Å². The molecule has 0 amide bonds. The van der Waals surface area contributed by atoms with Crippen molar-refractivity contribution in [2.24, 2.45) is 0 Å². The maximum Gasteiger partial charge on any atom is -1.00 e. The maximum absolute atomic E-state index is 6.14. The van der Waals surface area contributed by atoms with Gasteiger partial charge in [-0.2, -0.15) is 0 Å². The van der Waals surface area contributed by atoms with Crippen molar-refractivity contribution >= 4 is 6.48 Å². The number of fused-ring (bicyclic) bond motifs is 3. The normalized spacial score (nSPS) is 12.2. The van der Waals surface area contributed by atoms with Crippen LogP contribution in [0.25, 0.3) is 11.1 Å². The maximum atomic E-state index is 6.14. The minimum absolute atomic E-state index is 0. The van der Waals surface area contributed by atoms with Gasteiger partial charge in [0, 0.05) is 0 Å². The molecule has 0 fully saturated rings. The van der Waals surface area contributed by atoms with Crippen LogP contribution in [0, 0.1) is 0 Å². The quantitative estimate of drug-likeness (QED) is 0.278. The Labute approximate surface area is 245 Å². The minimum atomic E-state index is -2.73. The number of hydrogen-bond donors (Lipinski definition) is 0. The van der Waals surface area contributed by atoms with E-state index in [2.05, 4.69) is 109 Å². The average molecular weight is 619 g/mol. The Balaban J connectivity index is 0.00000168. The first kappa shape index (κ1) is 28.3. The molecule has 4 aromatic rings. The molecule has 0 unspecified atom stereocenters. The van der Waals surface area contributed by atoms with Crippen molar-refractivity contribution in [3.8, 4) is 22.6 Å². The monoisotopic (exact) mass is 616 g/mol. The number of halogens is 2. The average Bonchev–Trinajstić information content (AvgIpc) is 3.60. The molecule has 0 heterocycles. The van der Waals surface area contributed by atoms with Gasteiger partial charge in [0.1, 0.15) is 0 Å². The molecule has 0 atom stereocenters. The van der Waals surface area contributed by atoms with Crippen molar-refractivity contribution in [3.63, 3.8) is 0 Å². The topological polar surface area (TPSA) is 18.5 Å². The third-order valence-corrected chi connectivity index (χ3v) is 14.9. The summed E-state index contributed by atoms with van der Waals surface area (Å²) >= 11 is -2.73. The fourth-order valence-corrected chi connectivity index (χ4v) is 13.8. The third-order valence-electron chi connectivity index (χ3n) is 7.18. The Hall–Kier alpha value is -2.71. The van der Waals surface area contributed by atoms with Crippen molar-refractivity contribution in [3.05, 3.63) is 135 Å². The van der Waals surface area contributed by atoms with Gasteiger partial charge in [-0.25, -0.2) is 0 Å². The molecule has 2 nitrogen and oxygen atoms in total. The minimum Gasteiger partial charge on any atom is -1.00 e. The van der Waals surface area contributed by atoms with Gasteiger partial charge in [-0.1, -0.05) is 0 Å². The van der Waals surface area contributed by atoms with Crippen LogP contribution in [0.1, 0.15) is 28.7 Å². The Kier molecular flexibility index (Phi) is 9.26. The van der Waals surface area contributed by atoms with Crippen molar-refractivity contribution < 1.29 is 55.6 Å². The zero-order chi connectivity index (χ0) is 24.5. The molecule has 0 aliphatic heterocycles. The SMILES string of the molecule is COc1ccc2c(c1)Cc1c-2ccc(OC)[c]1[Zr+2]([C]1=CC=CC1)=[C](c1ccccc1)c1ccccc1.[Cl-].[Cl-]. The van der Waals surface area contributed by atoms with Crippen molar-refractivity contribution in [2.75, 3.05) is 14.2 Å². The van der Waals surface area contributed by atoms with E-state index < -0.39 is 21.3 Å². The summed E-state index contributed by atoms with van der Waals surface area (Å²) in [5.41, 5.74) is 8.07. The summed E-state index contributed by atoms with van der Waals surface area (Å²) in [6, 6.07) is 32.9. The van der Waals surface area contributed by atoms with Gasteiger partial charge in [-0.05, 0) is 0 Å². The number of hydrogen-bond acceptors (Lipinski definition) is 2. The fraction of sp³-hybridized carbons (Fsp3) is 0.121. The molecule has 38 heavy (non-hydrogen) atoms. The first-order valence-electron chi connectivity index (χ1n) is 12.4. The van der Waals surface area contributed by atoms with Gasteiger partial charge >= 0.3 is 222 Å². The molecular weight excluding hydrogens is 590 g/mol. The summed E-state index contributed by atoms with van der Waals surface area (Å²) in [5, 5.41) is 0. The summed E-state index contributed by atoms with van der Waals surface area (Å²) in [4.78, 5) is 0. The van der Waals surface area contributed by atoms with E-state index in [0.717, 1.165) is 24.3 Å². The van der Waals surface area contributed by atoms with Gasteiger partial charge in [0.25, 0.3) is 0 Å². The largest absolute Gasteiger partial charge is 1.00 e. The van der Waals surface area contributed by atoms with E-state index in [9.17, 15) is 0 Å². The molecule has 2 aliphatic carbocycles. The van der Waals surface area contributed by atoms with Crippen LogP contribution in [0.2, 0.25) is 0 Å². The standard InChI is InChI=1S/C15H13O2.C13H10.C5H5.2ClH.Zr/c1-16-12-3-5-14-10(8-12)7-11-9-13(17-2)4-6-15(11)14;1-3-7-12(8-4-1)11-13-9-5-2-6-10-13;1-2-4-5-3-1;;;/h3-6,8H,7H2,1-2H3;1-10H;1-3H,4H2;2*1H;/q;;;;;+2/p-2. The molecule has 6 rings (SSSR count). The molecule has 0 bridgehead atoms. The van der Waals surface area contributed by atoms with Crippen molar-refractivity contribution in [1.82, 2.24) is 0 Å². The number of allylic oxidation sites excluding steroid dienone is 4. The van der Waals surface area contributed by atoms with E-state index in [0.29, 0.717) is 0 Å². The zero-order valence-electron chi connectivity index (χ0n) is 21.4.